The molecule has 0 amide bonds. The van der Waals surface area contributed by atoms with E-state index in [1.165, 1.54) is 57.8 Å². The maximum atomic E-state index is 4.69. The van der Waals surface area contributed by atoms with Gasteiger partial charge in [0.25, 0.3) is 0 Å². The van der Waals surface area contributed by atoms with Crippen LogP contribution in [0.25, 0.3) is 31.3 Å². The lowest BCUT2D eigenvalue weighted by molar-refractivity contribution is 0.831. The van der Waals surface area contributed by atoms with Crippen molar-refractivity contribution in [2.45, 2.75) is 32.9 Å². The van der Waals surface area contributed by atoms with Gasteiger partial charge in [0.15, 0.2) is 0 Å². The summed E-state index contributed by atoms with van der Waals surface area (Å²) in [4.78, 5) is 11.9. The second-order valence-electron chi connectivity index (χ2n) is 8.59. The largest absolute Gasteiger partial charge is 0.353 e. The molecule has 0 saturated carbocycles. The first kappa shape index (κ1) is 20.4. The summed E-state index contributed by atoms with van der Waals surface area (Å²) >= 11 is 3.71. The van der Waals surface area contributed by atoms with E-state index in [1.807, 2.05) is 35.1 Å². The second-order valence-corrected chi connectivity index (χ2v) is 10.8. The lowest BCUT2D eigenvalue weighted by Gasteiger charge is -2.16. The average Bonchev–Trinajstić information content (AvgIpc) is 3.36. The zero-order chi connectivity index (χ0) is 22.5. The quantitative estimate of drug-likeness (QED) is 0.335. The zero-order valence-corrected chi connectivity index (χ0v) is 20.3. The van der Waals surface area contributed by atoms with E-state index in [4.69, 9.17) is 0 Å². The van der Waals surface area contributed by atoms with Crippen molar-refractivity contribution in [3.8, 4) is 11.1 Å². The molecule has 0 saturated heterocycles. The highest BCUT2D eigenvalue weighted by molar-refractivity contribution is 7.19. The van der Waals surface area contributed by atoms with Crippen LogP contribution >= 0.6 is 22.7 Å². The molecule has 2 atom stereocenters. The van der Waals surface area contributed by atoms with Gasteiger partial charge in [-0.3, -0.25) is 9.98 Å². The molecule has 2 aromatic heterocycles. The predicted molar refractivity (Wildman–Crippen MR) is 144 cm³/mol. The molecule has 0 fully saturated rings. The van der Waals surface area contributed by atoms with Gasteiger partial charge in [0.2, 0.25) is 0 Å². The van der Waals surface area contributed by atoms with Gasteiger partial charge in [-0.05, 0) is 83.6 Å². The Morgan fingerprint density at radius 2 is 1.52 bits per heavy atom. The highest BCUT2D eigenvalue weighted by Gasteiger charge is 2.21. The van der Waals surface area contributed by atoms with Crippen LogP contribution in [0.2, 0.25) is 0 Å². The number of nitrogens with zero attached hydrogens (tertiary/aromatic N) is 2. The van der Waals surface area contributed by atoms with Crippen molar-refractivity contribution >= 4 is 55.5 Å². The fourth-order valence-electron chi connectivity index (χ4n) is 4.66. The lowest BCUT2D eigenvalue weighted by atomic mass is 9.99. The van der Waals surface area contributed by atoms with Crippen LogP contribution in [0.3, 0.4) is 0 Å². The average molecular weight is 469 g/mol. The van der Waals surface area contributed by atoms with Crippen LogP contribution in [0.4, 0.5) is 0 Å². The molecule has 4 heterocycles. The third kappa shape index (κ3) is 3.41. The van der Waals surface area contributed by atoms with Crippen molar-refractivity contribution in [3.05, 3.63) is 81.3 Å². The highest BCUT2D eigenvalue weighted by atomic mass is 32.1. The number of rotatable bonds is 3. The summed E-state index contributed by atoms with van der Waals surface area (Å²) in [6.07, 6.45) is 9.70. The van der Waals surface area contributed by atoms with Gasteiger partial charge in [0.05, 0.1) is 12.7 Å². The Labute approximate surface area is 201 Å². The maximum Gasteiger partial charge on any atom is 0.109 e. The molecule has 0 bridgehead atoms. The van der Waals surface area contributed by atoms with Crippen LogP contribution in [0.15, 0.2) is 70.4 Å². The molecule has 164 valence electrons. The first-order chi connectivity index (χ1) is 16.1. The van der Waals surface area contributed by atoms with E-state index in [1.54, 1.807) is 12.7 Å². The zero-order valence-electron chi connectivity index (χ0n) is 18.7. The summed E-state index contributed by atoms with van der Waals surface area (Å²) in [6, 6.07) is 13.9. The molecule has 2 unspecified atom stereocenters. The summed E-state index contributed by atoms with van der Waals surface area (Å²) < 4.78 is 2.63. The Morgan fingerprint density at radius 3 is 2.33 bits per heavy atom. The van der Waals surface area contributed by atoms with E-state index in [2.05, 4.69) is 83.9 Å². The molecule has 4 aromatic rings. The van der Waals surface area contributed by atoms with Crippen molar-refractivity contribution in [3.63, 3.8) is 0 Å². The molecule has 0 radical (unpaired) electrons. The molecule has 2 aromatic carbocycles. The first-order valence-electron chi connectivity index (χ1n) is 11.1. The van der Waals surface area contributed by atoms with Gasteiger partial charge < -0.3 is 10.6 Å². The third-order valence-electron chi connectivity index (χ3n) is 6.52. The van der Waals surface area contributed by atoms with Crippen LogP contribution in [-0.2, 0) is 0 Å². The molecular formula is C27H24N4S2. The topological polar surface area (TPSA) is 48.8 Å². The molecule has 2 aliphatic rings. The van der Waals surface area contributed by atoms with Crippen LogP contribution in [0.1, 0.15) is 39.9 Å². The summed E-state index contributed by atoms with van der Waals surface area (Å²) in [5.41, 5.74) is 6.42. The Kier molecular flexibility index (Phi) is 4.93. The van der Waals surface area contributed by atoms with Gasteiger partial charge in [-0.15, -0.1) is 22.7 Å². The van der Waals surface area contributed by atoms with Crippen molar-refractivity contribution in [2.24, 2.45) is 9.98 Å². The third-order valence-corrected chi connectivity index (χ3v) is 9.17. The monoisotopic (exact) mass is 468 g/mol. The van der Waals surface area contributed by atoms with Gasteiger partial charge in [-0.2, -0.15) is 0 Å². The van der Waals surface area contributed by atoms with E-state index in [-0.39, 0.29) is 12.1 Å². The van der Waals surface area contributed by atoms with Crippen LogP contribution in [0, 0.1) is 13.8 Å². The number of hydrogen-bond donors (Lipinski definition) is 2. The first-order valence-corrected chi connectivity index (χ1v) is 12.7. The predicted octanol–water partition coefficient (Wildman–Crippen LogP) is 7.16. The highest BCUT2D eigenvalue weighted by Crippen LogP contribution is 2.42. The van der Waals surface area contributed by atoms with Gasteiger partial charge in [-0.1, -0.05) is 18.2 Å². The molecule has 2 N–H and O–H groups in total. The number of benzene rings is 2. The lowest BCUT2D eigenvalue weighted by Crippen LogP contribution is -2.12. The van der Waals surface area contributed by atoms with Crippen molar-refractivity contribution < 1.29 is 0 Å². The van der Waals surface area contributed by atoms with Gasteiger partial charge >= 0.3 is 0 Å². The molecule has 0 spiro atoms. The summed E-state index contributed by atoms with van der Waals surface area (Å²) in [5, 5.41) is 8.78. The Bertz CT molecular complexity index is 1500. The Balaban J connectivity index is 1.41. The number of aryl methyl sites for hydroxylation is 2. The van der Waals surface area contributed by atoms with Gasteiger partial charge in [0.1, 0.15) is 12.1 Å². The van der Waals surface area contributed by atoms with Crippen LogP contribution in [0.5, 0.6) is 0 Å². The Morgan fingerprint density at radius 1 is 0.758 bits per heavy atom. The minimum absolute atomic E-state index is 0.102. The number of fused-ring (bicyclic) bond motifs is 2. The van der Waals surface area contributed by atoms with Crippen molar-refractivity contribution in [1.82, 2.24) is 10.6 Å². The molecular weight excluding hydrogens is 444 g/mol. The molecule has 33 heavy (non-hydrogen) atoms. The fourth-order valence-corrected chi connectivity index (χ4v) is 7.25. The standard InChI is InChI=1S/C27H24N4S2/c1-15-12-29-14-31-25(15)27-17(3)21-10-18(5-7-23(21)32-27)19-4-6-20-16(2)26(33-24(20)11-19)22-8-9-28-13-30-22/h4-14,22,25H,1-3H3,(H,28,30)(H,29,31). The number of thiophene rings is 2. The van der Waals surface area contributed by atoms with Crippen LogP contribution in [-0.4, -0.2) is 12.7 Å². The van der Waals surface area contributed by atoms with E-state index in [0.717, 1.165) is 0 Å². The smallest absolute Gasteiger partial charge is 0.109 e. The van der Waals surface area contributed by atoms with Gasteiger partial charge in [0, 0.05) is 31.6 Å². The fraction of sp³-hybridized carbons (Fsp3) is 0.185. The van der Waals surface area contributed by atoms with Crippen molar-refractivity contribution in [2.75, 3.05) is 0 Å². The molecule has 0 aliphatic carbocycles. The normalized spacial score (nSPS) is 19.7. The van der Waals surface area contributed by atoms with E-state index < -0.39 is 0 Å². The number of nitrogens with one attached hydrogen (secondary N) is 2. The van der Waals surface area contributed by atoms with Gasteiger partial charge in [-0.25, -0.2) is 0 Å². The van der Waals surface area contributed by atoms with Crippen LogP contribution < -0.4 is 10.6 Å². The SMILES string of the molecule is CC1=CNC=NC1c1sc2ccc(-c3ccc4c(C)c(C5C=CNC=N5)sc4c3)cc2c1C. The summed E-state index contributed by atoms with van der Waals surface area (Å²) in [5.74, 6) is 0. The molecule has 6 heteroatoms. The minimum atomic E-state index is 0.102. The second kappa shape index (κ2) is 7.97. The number of hydrogen-bond acceptors (Lipinski definition) is 6. The molecule has 2 aliphatic heterocycles. The Hall–Kier alpha value is -3.22. The van der Waals surface area contributed by atoms with Crippen molar-refractivity contribution in [1.29, 1.82) is 0 Å². The summed E-state index contributed by atoms with van der Waals surface area (Å²) in [7, 11) is 0. The van der Waals surface area contributed by atoms with E-state index >= 15 is 0 Å². The van der Waals surface area contributed by atoms with E-state index in [9.17, 15) is 0 Å². The number of aliphatic imine (C=N–C) groups is 2. The molecule has 6 rings (SSSR count). The maximum absolute atomic E-state index is 4.69. The summed E-state index contributed by atoms with van der Waals surface area (Å²) in [6.45, 7) is 6.58. The minimum Gasteiger partial charge on any atom is -0.353 e. The molecule has 4 nitrogen and oxygen atoms in total. The van der Waals surface area contributed by atoms with E-state index in [0.29, 0.717) is 0 Å².